The fraction of sp³-hybridized carbons (Fsp3) is 0.600. The first-order valence-corrected chi connectivity index (χ1v) is 4.85. The SMILES string of the molecule is Cc1cnc(CC2CCCN2)cn1. The topological polar surface area (TPSA) is 37.8 Å². The van der Waals surface area contributed by atoms with Crippen LogP contribution in [0.2, 0.25) is 0 Å². The molecule has 1 aliphatic heterocycles. The molecule has 2 rings (SSSR count). The predicted octanol–water partition coefficient (Wildman–Crippen LogP) is 1.08. The average molecular weight is 177 g/mol. The summed E-state index contributed by atoms with van der Waals surface area (Å²) in [5, 5.41) is 3.45. The van der Waals surface area contributed by atoms with Crippen molar-refractivity contribution in [3.05, 3.63) is 23.8 Å². The standard InChI is InChI=1S/C10H15N3/c1-8-6-13-10(7-12-8)5-9-3-2-4-11-9/h6-7,9,11H,2-5H2,1H3. The molecule has 2 heterocycles. The van der Waals surface area contributed by atoms with E-state index in [2.05, 4.69) is 15.3 Å². The number of hydrogen-bond donors (Lipinski definition) is 1. The van der Waals surface area contributed by atoms with Crippen LogP contribution in [0.1, 0.15) is 24.2 Å². The minimum atomic E-state index is 0.622. The smallest absolute Gasteiger partial charge is 0.0602 e. The number of nitrogens with one attached hydrogen (secondary N) is 1. The number of aromatic nitrogens is 2. The van der Waals surface area contributed by atoms with Gasteiger partial charge in [-0.1, -0.05) is 0 Å². The van der Waals surface area contributed by atoms with Crippen molar-refractivity contribution in [2.45, 2.75) is 32.2 Å². The van der Waals surface area contributed by atoms with E-state index in [1.165, 1.54) is 12.8 Å². The highest BCUT2D eigenvalue weighted by Crippen LogP contribution is 2.09. The minimum absolute atomic E-state index is 0.622. The van der Waals surface area contributed by atoms with Gasteiger partial charge in [0.2, 0.25) is 0 Å². The largest absolute Gasteiger partial charge is 0.314 e. The molecule has 0 aliphatic carbocycles. The van der Waals surface area contributed by atoms with Crippen molar-refractivity contribution < 1.29 is 0 Å². The van der Waals surface area contributed by atoms with Crippen molar-refractivity contribution in [3.8, 4) is 0 Å². The molecule has 1 saturated heterocycles. The van der Waals surface area contributed by atoms with Crippen LogP contribution in [0.15, 0.2) is 12.4 Å². The Hall–Kier alpha value is -0.960. The van der Waals surface area contributed by atoms with E-state index in [0.717, 1.165) is 24.4 Å². The first-order valence-electron chi connectivity index (χ1n) is 4.85. The van der Waals surface area contributed by atoms with E-state index in [1.54, 1.807) is 0 Å². The van der Waals surface area contributed by atoms with Gasteiger partial charge >= 0.3 is 0 Å². The molecule has 70 valence electrons. The zero-order chi connectivity index (χ0) is 9.10. The number of rotatable bonds is 2. The van der Waals surface area contributed by atoms with Crippen LogP contribution in [-0.2, 0) is 6.42 Å². The molecule has 1 atom stereocenters. The third-order valence-electron chi connectivity index (χ3n) is 2.45. The van der Waals surface area contributed by atoms with Crippen molar-refractivity contribution in [2.24, 2.45) is 0 Å². The fourth-order valence-electron chi connectivity index (χ4n) is 1.71. The maximum absolute atomic E-state index is 4.34. The fourth-order valence-corrected chi connectivity index (χ4v) is 1.71. The van der Waals surface area contributed by atoms with E-state index in [0.29, 0.717) is 6.04 Å². The van der Waals surface area contributed by atoms with Gasteiger partial charge in [0, 0.05) is 24.9 Å². The molecule has 13 heavy (non-hydrogen) atoms. The summed E-state index contributed by atoms with van der Waals surface area (Å²) in [5.41, 5.74) is 2.09. The first kappa shape index (κ1) is 8.63. The lowest BCUT2D eigenvalue weighted by Crippen LogP contribution is -2.24. The second kappa shape index (κ2) is 3.83. The Labute approximate surface area is 78.6 Å². The van der Waals surface area contributed by atoms with Crippen LogP contribution in [0.4, 0.5) is 0 Å². The van der Waals surface area contributed by atoms with Crippen LogP contribution in [-0.4, -0.2) is 22.6 Å². The summed E-state index contributed by atoms with van der Waals surface area (Å²) >= 11 is 0. The van der Waals surface area contributed by atoms with Crippen LogP contribution in [0.5, 0.6) is 0 Å². The number of nitrogens with zero attached hydrogens (tertiary/aromatic N) is 2. The van der Waals surface area contributed by atoms with Crippen molar-refractivity contribution in [3.63, 3.8) is 0 Å². The quantitative estimate of drug-likeness (QED) is 0.734. The molecule has 1 aromatic heterocycles. The Morgan fingerprint density at radius 2 is 2.38 bits per heavy atom. The maximum atomic E-state index is 4.34. The van der Waals surface area contributed by atoms with Crippen LogP contribution in [0, 0.1) is 6.92 Å². The van der Waals surface area contributed by atoms with Gasteiger partial charge in [-0.05, 0) is 26.3 Å². The monoisotopic (exact) mass is 177 g/mol. The van der Waals surface area contributed by atoms with Gasteiger partial charge in [0.15, 0.2) is 0 Å². The molecule has 0 aromatic carbocycles. The summed E-state index contributed by atoms with van der Waals surface area (Å²) in [4.78, 5) is 8.57. The highest BCUT2D eigenvalue weighted by Gasteiger charge is 2.14. The van der Waals surface area contributed by atoms with Gasteiger partial charge in [0.25, 0.3) is 0 Å². The minimum Gasteiger partial charge on any atom is -0.314 e. The van der Waals surface area contributed by atoms with E-state index in [9.17, 15) is 0 Å². The first-order chi connectivity index (χ1) is 6.34. The van der Waals surface area contributed by atoms with Crippen LogP contribution in [0.3, 0.4) is 0 Å². The molecule has 1 aliphatic rings. The molecular weight excluding hydrogens is 162 g/mol. The maximum Gasteiger partial charge on any atom is 0.0602 e. The lowest BCUT2D eigenvalue weighted by molar-refractivity contribution is 0.593. The van der Waals surface area contributed by atoms with Crippen molar-refractivity contribution in [1.82, 2.24) is 15.3 Å². The van der Waals surface area contributed by atoms with Crippen LogP contribution < -0.4 is 5.32 Å². The van der Waals surface area contributed by atoms with Gasteiger partial charge in [-0.2, -0.15) is 0 Å². The summed E-state index contributed by atoms with van der Waals surface area (Å²) in [7, 11) is 0. The molecule has 0 saturated carbocycles. The molecular formula is C10H15N3. The summed E-state index contributed by atoms with van der Waals surface area (Å²) in [5.74, 6) is 0. The normalized spacial score (nSPS) is 22.1. The Morgan fingerprint density at radius 1 is 1.46 bits per heavy atom. The molecule has 3 nitrogen and oxygen atoms in total. The van der Waals surface area contributed by atoms with E-state index in [1.807, 2.05) is 19.3 Å². The second-order valence-electron chi connectivity index (χ2n) is 3.65. The molecule has 1 unspecified atom stereocenters. The van der Waals surface area contributed by atoms with E-state index < -0.39 is 0 Å². The van der Waals surface area contributed by atoms with Crippen LogP contribution >= 0.6 is 0 Å². The van der Waals surface area contributed by atoms with Crippen molar-refractivity contribution in [1.29, 1.82) is 0 Å². The highest BCUT2D eigenvalue weighted by atomic mass is 14.9. The van der Waals surface area contributed by atoms with Gasteiger partial charge in [0.1, 0.15) is 0 Å². The van der Waals surface area contributed by atoms with Gasteiger partial charge in [-0.25, -0.2) is 0 Å². The molecule has 3 heteroatoms. The van der Waals surface area contributed by atoms with Crippen molar-refractivity contribution in [2.75, 3.05) is 6.54 Å². The predicted molar refractivity (Wildman–Crippen MR) is 51.5 cm³/mol. The third-order valence-corrected chi connectivity index (χ3v) is 2.45. The van der Waals surface area contributed by atoms with Crippen LogP contribution in [0.25, 0.3) is 0 Å². The zero-order valence-electron chi connectivity index (χ0n) is 7.95. The highest BCUT2D eigenvalue weighted by molar-refractivity contribution is 5.03. The summed E-state index contributed by atoms with van der Waals surface area (Å²) < 4.78 is 0. The Bertz CT molecular complexity index is 262. The summed E-state index contributed by atoms with van der Waals surface area (Å²) in [6.45, 7) is 3.12. The second-order valence-corrected chi connectivity index (χ2v) is 3.65. The van der Waals surface area contributed by atoms with Gasteiger partial charge in [0.05, 0.1) is 11.4 Å². The molecule has 0 bridgehead atoms. The number of hydrogen-bond acceptors (Lipinski definition) is 3. The lowest BCUT2D eigenvalue weighted by Gasteiger charge is -2.08. The van der Waals surface area contributed by atoms with E-state index in [4.69, 9.17) is 0 Å². The van der Waals surface area contributed by atoms with Gasteiger partial charge in [-0.3, -0.25) is 9.97 Å². The Kier molecular flexibility index (Phi) is 2.54. The molecule has 1 aromatic rings. The molecule has 0 amide bonds. The van der Waals surface area contributed by atoms with Crippen molar-refractivity contribution >= 4 is 0 Å². The Balaban J connectivity index is 1.97. The number of aryl methyl sites for hydroxylation is 1. The molecule has 0 radical (unpaired) electrons. The molecule has 0 spiro atoms. The van der Waals surface area contributed by atoms with Gasteiger partial charge < -0.3 is 5.32 Å². The van der Waals surface area contributed by atoms with E-state index >= 15 is 0 Å². The third kappa shape index (κ3) is 2.25. The van der Waals surface area contributed by atoms with Gasteiger partial charge in [-0.15, -0.1) is 0 Å². The Morgan fingerprint density at radius 3 is 3.00 bits per heavy atom. The summed E-state index contributed by atoms with van der Waals surface area (Å²) in [6, 6.07) is 0.622. The average Bonchev–Trinajstić information content (AvgIpc) is 2.62. The molecule has 1 N–H and O–H groups in total. The van der Waals surface area contributed by atoms with E-state index in [-0.39, 0.29) is 0 Å². The molecule has 1 fully saturated rings. The lowest BCUT2D eigenvalue weighted by atomic mass is 10.1. The zero-order valence-corrected chi connectivity index (χ0v) is 7.95. The summed E-state index contributed by atoms with van der Waals surface area (Å²) in [6.07, 6.45) is 7.31.